The molecule has 0 saturated carbocycles. The van der Waals surface area contributed by atoms with Gasteiger partial charge in [0.15, 0.2) is 0 Å². The molecule has 30 heavy (non-hydrogen) atoms. The Labute approximate surface area is 173 Å². The van der Waals surface area contributed by atoms with E-state index in [1.807, 2.05) is 18.2 Å². The Morgan fingerprint density at radius 2 is 1.77 bits per heavy atom. The zero-order valence-electron chi connectivity index (χ0n) is 16.5. The predicted molar refractivity (Wildman–Crippen MR) is 111 cm³/mol. The van der Waals surface area contributed by atoms with Crippen molar-refractivity contribution in [2.45, 2.75) is 32.0 Å². The first-order valence-electron chi connectivity index (χ1n) is 9.89. The van der Waals surface area contributed by atoms with Crippen molar-refractivity contribution in [3.63, 3.8) is 0 Å². The summed E-state index contributed by atoms with van der Waals surface area (Å²) in [6.45, 7) is 5.81. The number of rotatable bonds is 4. The highest BCUT2D eigenvalue weighted by Crippen LogP contribution is 2.30. The van der Waals surface area contributed by atoms with E-state index >= 15 is 0 Å². The van der Waals surface area contributed by atoms with Gasteiger partial charge in [-0.15, -0.1) is 5.10 Å². The maximum absolute atomic E-state index is 12.6. The van der Waals surface area contributed by atoms with E-state index in [9.17, 15) is 13.2 Å². The summed E-state index contributed by atoms with van der Waals surface area (Å²) in [6.07, 6.45) is -1.47. The highest BCUT2D eigenvalue weighted by atomic mass is 19.4. The molecule has 0 atom stereocenters. The maximum Gasteiger partial charge on any atom is 0.393 e. The molecule has 0 fully saturated rings. The Bertz CT molecular complexity index is 1030. The van der Waals surface area contributed by atoms with E-state index in [2.05, 4.69) is 33.8 Å². The standard InChI is InChI=1S/C24H22F3N3/c1-17(23-5-2-12-28-29-23)30-13-3-4-19-10-11-21(14-22(19)16-30)20-8-6-18(7-9-20)15-24(25,26)27/h2,5-12,14H,1,3-4,13,15-16H2. The van der Waals surface area contributed by atoms with Crippen molar-refractivity contribution >= 4 is 5.70 Å². The normalized spacial score (nSPS) is 14.2. The van der Waals surface area contributed by atoms with Gasteiger partial charge in [0.1, 0.15) is 5.69 Å². The predicted octanol–water partition coefficient (Wildman–Crippen LogP) is 5.67. The lowest BCUT2D eigenvalue weighted by Crippen LogP contribution is -2.21. The number of alkyl halides is 3. The van der Waals surface area contributed by atoms with Gasteiger partial charge in [-0.1, -0.05) is 43.0 Å². The zero-order valence-corrected chi connectivity index (χ0v) is 16.5. The number of aromatic nitrogens is 2. The smallest absolute Gasteiger partial charge is 0.366 e. The summed E-state index contributed by atoms with van der Waals surface area (Å²) in [4.78, 5) is 2.21. The molecule has 3 nitrogen and oxygen atoms in total. The number of hydrogen-bond acceptors (Lipinski definition) is 3. The van der Waals surface area contributed by atoms with Crippen LogP contribution >= 0.6 is 0 Å². The molecule has 4 rings (SSSR count). The molecule has 1 aliphatic rings. The van der Waals surface area contributed by atoms with Crippen LogP contribution in [0.25, 0.3) is 16.8 Å². The molecule has 0 N–H and O–H groups in total. The van der Waals surface area contributed by atoms with Crippen molar-refractivity contribution in [2.24, 2.45) is 0 Å². The number of hydrogen-bond donors (Lipinski definition) is 0. The van der Waals surface area contributed by atoms with Gasteiger partial charge in [0.25, 0.3) is 0 Å². The number of benzene rings is 2. The van der Waals surface area contributed by atoms with Crippen molar-refractivity contribution in [3.05, 3.63) is 89.8 Å². The second-order valence-corrected chi connectivity index (χ2v) is 7.55. The average Bonchev–Trinajstić information content (AvgIpc) is 2.95. The fourth-order valence-electron chi connectivity index (χ4n) is 3.84. The molecule has 154 valence electrons. The molecule has 1 aromatic heterocycles. The molecule has 0 saturated heterocycles. The summed E-state index contributed by atoms with van der Waals surface area (Å²) in [5, 5.41) is 8.11. The Morgan fingerprint density at radius 3 is 2.47 bits per heavy atom. The minimum Gasteiger partial charge on any atom is -0.366 e. The summed E-state index contributed by atoms with van der Waals surface area (Å²) in [5.74, 6) is 0. The van der Waals surface area contributed by atoms with Crippen LogP contribution in [0.15, 0.2) is 67.4 Å². The highest BCUT2D eigenvalue weighted by Gasteiger charge is 2.27. The van der Waals surface area contributed by atoms with Crippen molar-refractivity contribution < 1.29 is 13.2 Å². The van der Waals surface area contributed by atoms with Gasteiger partial charge in [0, 0.05) is 19.3 Å². The molecule has 0 spiro atoms. The van der Waals surface area contributed by atoms with Crippen LogP contribution in [0.4, 0.5) is 13.2 Å². The molecule has 6 heteroatoms. The van der Waals surface area contributed by atoms with Crippen molar-refractivity contribution in [2.75, 3.05) is 6.54 Å². The quantitative estimate of drug-likeness (QED) is 0.556. The molecule has 2 aromatic carbocycles. The lowest BCUT2D eigenvalue weighted by Gasteiger charge is -2.24. The maximum atomic E-state index is 12.6. The molecule has 0 unspecified atom stereocenters. The fourth-order valence-corrected chi connectivity index (χ4v) is 3.84. The lowest BCUT2D eigenvalue weighted by atomic mass is 9.96. The van der Waals surface area contributed by atoms with E-state index in [0.29, 0.717) is 6.54 Å². The van der Waals surface area contributed by atoms with Crippen LogP contribution in [-0.4, -0.2) is 27.8 Å². The summed E-state index contributed by atoms with van der Waals surface area (Å²) < 4.78 is 37.8. The van der Waals surface area contributed by atoms with Gasteiger partial charge >= 0.3 is 6.18 Å². The summed E-state index contributed by atoms with van der Waals surface area (Å²) in [7, 11) is 0. The van der Waals surface area contributed by atoms with E-state index in [1.165, 1.54) is 11.1 Å². The van der Waals surface area contributed by atoms with E-state index in [4.69, 9.17) is 0 Å². The number of nitrogens with zero attached hydrogens (tertiary/aromatic N) is 3. The number of aryl methyl sites for hydroxylation is 1. The molecule has 0 radical (unpaired) electrons. The summed E-state index contributed by atoms with van der Waals surface area (Å²) in [6, 6.07) is 16.7. The van der Waals surface area contributed by atoms with Crippen molar-refractivity contribution in [1.29, 1.82) is 0 Å². The van der Waals surface area contributed by atoms with Crippen molar-refractivity contribution in [1.82, 2.24) is 15.1 Å². The minimum absolute atomic E-state index is 0.271. The summed E-state index contributed by atoms with van der Waals surface area (Å²) >= 11 is 0. The van der Waals surface area contributed by atoms with Crippen molar-refractivity contribution in [3.8, 4) is 11.1 Å². The molecule has 2 heterocycles. The molecule has 3 aromatic rings. The zero-order chi connectivity index (χ0) is 21.1. The first kappa shape index (κ1) is 20.1. The van der Waals surface area contributed by atoms with E-state index < -0.39 is 12.6 Å². The second kappa shape index (κ2) is 8.30. The van der Waals surface area contributed by atoms with E-state index in [1.54, 1.807) is 30.5 Å². The number of fused-ring (bicyclic) bond motifs is 1. The van der Waals surface area contributed by atoms with E-state index in [-0.39, 0.29) is 5.56 Å². The third-order valence-electron chi connectivity index (χ3n) is 5.38. The first-order chi connectivity index (χ1) is 14.4. The third-order valence-corrected chi connectivity index (χ3v) is 5.38. The topological polar surface area (TPSA) is 29.0 Å². The summed E-state index contributed by atoms with van der Waals surface area (Å²) in [5.41, 5.74) is 6.28. The minimum atomic E-state index is -4.19. The van der Waals surface area contributed by atoms with E-state index in [0.717, 1.165) is 41.9 Å². The van der Waals surface area contributed by atoms with Crippen LogP contribution in [0.3, 0.4) is 0 Å². The second-order valence-electron chi connectivity index (χ2n) is 7.55. The molecule has 0 aliphatic carbocycles. The first-order valence-corrected chi connectivity index (χ1v) is 9.89. The average molecular weight is 409 g/mol. The van der Waals surface area contributed by atoms with Crippen LogP contribution in [0.2, 0.25) is 0 Å². The monoisotopic (exact) mass is 409 g/mol. The van der Waals surface area contributed by atoms with Crippen LogP contribution in [-0.2, 0) is 19.4 Å². The van der Waals surface area contributed by atoms with Gasteiger partial charge in [-0.25, -0.2) is 0 Å². The van der Waals surface area contributed by atoms with Crippen LogP contribution in [0, 0.1) is 0 Å². The third kappa shape index (κ3) is 4.70. The fraction of sp³-hybridized carbons (Fsp3) is 0.250. The van der Waals surface area contributed by atoms with Crippen LogP contribution in [0.5, 0.6) is 0 Å². The molecular formula is C24H22F3N3. The molecular weight excluding hydrogens is 387 g/mol. The van der Waals surface area contributed by atoms with Gasteiger partial charge in [-0.05, 0) is 58.9 Å². The van der Waals surface area contributed by atoms with Gasteiger partial charge in [-0.2, -0.15) is 18.3 Å². The lowest BCUT2D eigenvalue weighted by molar-refractivity contribution is -0.127. The van der Waals surface area contributed by atoms with Gasteiger partial charge in [-0.3, -0.25) is 0 Å². The molecule has 0 amide bonds. The SMILES string of the molecule is C=C(c1cccnn1)N1CCCc2ccc(-c3ccc(CC(F)(F)F)cc3)cc2C1. The highest BCUT2D eigenvalue weighted by molar-refractivity contribution is 5.66. The molecule has 1 aliphatic heterocycles. The van der Waals surface area contributed by atoms with Gasteiger partial charge < -0.3 is 4.90 Å². The molecule has 0 bridgehead atoms. The number of halogens is 3. The van der Waals surface area contributed by atoms with Gasteiger partial charge in [0.05, 0.1) is 12.1 Å². The Morgan fingerprint density at radius 1 is 1.00 bits per heavy atom. The Balaban J connectivity index is 1.57. The Hall–Kier alpha value is -3.15. The largest absolute Gasteiger partial charge is 0.393 e. The Kier molecular flexibility index (Phi) is 5.57. The van der Waals surface area contributed by atoms with Crippen LogP contribution < -0.4 is 0 Å². The van der Waals surface area contributed by atoms with Gasteiger partial charge in [0.2, 0.25) is 0 Å². The van der Waals surface area contributed by atoms with Crippen LogP contribution in [0.1, 0.15) is 28.8 Å².